The fourth-order valence-corrected chi connectivity index (χ4v) is 4.88. The van der Waals surface area contributed by atoms with Crippen LogP contribution in [-0.4, -0.2) is 66.1 Å². The molecule has 2 aromatic carbocycles. The van der Waals surface area contributed by atoms with Crippen LogP contribution in [0.15, 0.2) is 67.0 Å². The molecule has 1 fully saturated rings. The van der Waals surface area contributed by atoms with E-state index in [0.29, 0.717) is 29.5 Å². The zero-order valence-corrected chi connectivity index (χ0v) is 24.0. The number of rotatable bonds is 7. The fourth-order valence-electron chi connectivity index (χ4n) is 4.88. The number of carbonyl (C=O) groups excluding carboxylic acids is 1. The van der Waals surface area contributed by atoms with Gasteiger partial charge in [-0.2, -0.15) is 0 Å². The van der Waals surface area contributed by atoms with Gasteiger partial charge in [0.05, 0.1) is 12.7 Å². The number of anilines is 3. The van der Waals surface area contributed by atoms with Crippen molar-refractivity contribution in [3.63, 3.8) is 0 Å². The van der Waals surface area contributed by atoms with Gasteiger partial charge in [0.1, 0.15) is 23.2 Å². The van der Waals surface area contributed by atoms with Gasteiger partial charge in [-0.05, 0) is 48.7 Å². The number of carbonyl (C=O) groups is 1. The largest absolute Gasteiger partial charge is 0.496 e. The first-order chi connectivity index (χ1) is 19.3. The lowest BCUT2D eigenvalue weighted by Crippen LogP contribution is -2.43. The van der Waals surface area contributed by atoms with Gasteiger partial charge < -0.3 is 25.6 Å². The number of nitrogens with two attached hydrogens (primary N) is 1. The molecule has 1 saturated heterocycles. The number of ether oxygens (including phenoxy) is 1. The molecule has 214 valence electrons. The van der Waals surface area contributed by atoms with Crippen LogP contribution in [0.25, 0.3) is 22.5 Å². The van der Waals surface area contributed by atoms with E-state index in [0.717, 1.165) is 36.2 Å². The molecule has 41 heavy (non-hydrogen) atoms. The second-order valence-electron chi connectivity index (χ2n) is 9.92. The fraction of sp³-hybridized carbons (Fsp3) is 0.267. The Morgan fingerprint density at radius 2 is 1.93 bits per heavy atom. The molecule has 1 aliphatic rings. The van der Waals surface area contributed by atoms with Gasteiger partial charge in [0.25, 0.3) is 5.91 Å². The van der Waals surface area contributed by atoms with Crippen LogP contribution < -0.4 is 20.7 Å². The number of aromatic nitrogens is 3. The Morgan fingerprint density at radius 1 is 1.12 bits per heavy atom. The van der Waals surface area contributed by atoms with Gasteiger partial charge >= 0.3 is 0 Å². The maximum atomic E-state index is 14.7. The van der Waals surface area contributed by atoms with E-state index in [2.05, 4.69) is 25.2 Å². The predicted molar refractivity (Wildman–Crippen MR) is 162 cm³/mol. The zero-order valence-electron chi connectivity index (χ0n) is 23.2. The van der Waals surface area contributed by atoms with Crippen molar-refractivity contribution in [1.29, 1.82) is 0 Å². The summed E-state index contributed by atoms with van der Waals surface area (Å²) in [4.78, 5) is 29.9. The predicted octanol–water partition coefficient (Wildman–Crippen LogP) is 5.15. The smallest absolute Gasteiger partial charge is 0.253 e. The Labute approximate surface area is 245 Å². The third-order valence-corrected chi connectivity index (χ3v) is 6.84. The molecule has 1 atom stereocenters. The molecule has 4 aromatic rings. The van der Waals surface area contributed by atoms with Crippen LogP contribution >= 0.6 is 12.4 Å². The Morgan fingerprint density at radius 3 is 2.68 bits per heavy atom. The number of pyridine rings is 1. The number of benzene rings is 2. The molecule has 1 amide bonds. The Kier molecular flexibility index (Phi) is 9.36. The first kappa shape index (κ1) is 29.7. The highest BCUT2D eigenvalue weighted by molar-refractivity contribution is 5.96. The molecule has 1 aliphatic heterocycles. The number of methoxy groups -OCH3 is 1. The number of hydrogen-bond acceptors (Lipinski definition) is 8. The van der Waals surface area contributed by atoms with Gasteiger partial charge in [0.15, 0.2) is 5.82 Å². The summed E-state index contributed by atoms with van der Waals surface area (Å²) in [7, 11) is 4.95. The van der Waals surface area contributed by atoms with E-state index in [1.165, 1.54) is 13.2 Å². The number of hydrogen-bond donors (Lipinski definition) is 2. The molecule has 0 radical (unpaired) electrons. The summed E-state index contributed by atoms with van der Waals surface area (Å²) >= 11 is 0. The van der Waals surface area contributed by atoms with E-state index >= 15 is 0 Å². The second kappa shape index (κ2) is 12.9. The lowest BCUT2D eigenvalue weighted by atomic mass is 9.99. The Bertz CT molecular complexity index is 1530. The third kappa shape index (κ3) is 6.55. The third-order valence-electron chi connectivity index (χ3n) is 6.84. The average molecular weight is 578 g/mol. The topological polar surface area (TPSA) is 109 Å². The average Bonchev–Trinajstić information content (AvgIpc) is 2.96. The molecule has 0 aliphatic carbocycles. The van der Waals surface area contributed by atoms with Crippen LogP contribution in [0, 0.1) is 5.82 Å². The van der Waals surface area contributed by atoms with Crippen molar-refractivity contribution in [2.75, 3.05) is 44.5 Å². The molecular weight excluding hydrogens is 545 g/mol. The molecule has 3 N–H and O–H groups in total. The van der Waals surface area contributed by atoms with Crippen LogP contribution in [0.4, 0.5) is 21.7 Å². The maximum Gasteiger partial charge on any atom is 0.253 e. The maximum absolute atomic E-state index is 14.7. The van der Waals surface area contributed by atoms with Gasteiger partial charge in [0.2, 0.25) is 0 Å². The highest BCUT2D eigenvalue weighted by Crippen LogP contribution is 2.35. The van der Waals surface area contributed by atoms with E-state index in [9.17, 15) is 9.18 Å². The van der Waals surface area contributed by atoms with Crippen molar-refractivity contribution >= 4 is 35.6 Å². The van der Waals surface area contributed by atoms with Crippen molar-refractivity contribution < 1.29 is 13.9 Å². The number of halogens is 2. The molecule has 11 heteroatoms. The first-order valence-corrected chi connectivity index (χ1v) is 13.1. The van der Waals surface area contributed by atoms with Crippen molar-refractivity contribution in [2.24, 2.45) is 5.73 Å². The molecular formula is C30H33ClFN7O2. The number of nitrogens with zero attached hydrogens (tertiary/aromatic N) is 5. The second-order valence-corrected chi connectivity index (χ2v) is 9.92. The van der Waals surface area contributed by atoms with Crippen molar-refractivity contribution in [3.8, 4) is 28.3 Å². The molecule has 2 aromatic heterocycles. The molecule has 9 nitrogen and oxygen atoms in total. The Hall–Kier alpha value is -4.28. The first-order valence-electron chi connectivity index (χ1n) is 13.1. The summed E-state index contributed by atoms with van der Waals surface area (Å²) in [6.07, 6.45) is 5.30. The van der Waals surface area contributed by atoms with Crippen LogP contribution in [0.2, 0.25) is 0 Å². The lowest BCUT2D eigenvalue weighted by molar-refractivity contribution is 0.0827. The van der Waals surface area contributed by atoms with Crippen LogP contribution in [0.5, 0.6) is 5.75 Å². The van der Waals surface area contributed by atoms with E-state index < -0.39 is 5.82 Å². The molecule has 5 rings (SSSR count). The SMILES string of the molecule is COc1cccc(F)c1-c1nccc(Nc2cc(N3CCC[C@H](N)C3)c(-c3cccc(C(=O)N(C)C)c3)cn2)n1.Cl. The minimum Gasteiger partial charge on any atom is -0.496 e. The molecule has 3 heterocycles. The standard InChI is InChI=1S/C30H32FN7O2.ClH/c1-37(2)30(39)20-8-4-7-19(15-20)22-17-34-27(16-24(22)38-14-6-9-21(32)18-38)35-26-12-13-33-29(36-26)28-23(31)10-5-11-25(28)40-3;/h4-5,7-8,10-13,15-17,21H,6,9,14,18,32H2,1-3H3,(H,33,34,35,36);1H/t21-;/m0./s1. The summed E-state index contributed by atoms with van der Waals surface area (Å²) in [5.74, 6) is 1.01. The summed E-state index contributed by atoms with van der Waals surface area (Å²) in [6.45, 7) is 1.56. The van der Waals surface area contributed by atoms with Gasteiger partial charge in [-0.25, -0.2) is 19.3 Å². The Balaban J connectivity index is 0.00000387. The van der Waals surface area contributed by atoms with Gasteiger partial charge in [-0.3, -0.25) is 4.79 Å². The van der Waals surface area contributed by atoms with E-state index in [-0.39, 0.29) is 35.7 Å². The highest BCUT2D eigenvalue weighted by Gasteiger charge is 2.22. The minimum absolute atomic E-state index is 0. The summed E-state index contributed by atoms with van der Waals surface area (Å²) in [5.41, 5.74) is 9.86. The summed E-state index contributed by atoms with van der Waals surface area (Å²) < 4.78 is 20.0. The quantitative estimate of drug-likeness (QED) is 0.310. The lowest BCUT2D eigenvalue weighted by Gasteiger charge is -2.34. The number of piperidine rings is 1. The molecule has 0 saturated carbocycles. The summed E-state index contributed by atoms with van der Waals surface area (Å²) in [6, 6.07) is 15.8. The molecule has 0 bridgehead atoms. The number of nitrogens with one attached hydrogen (secondary N) is 1. The van der Waals surface area contributed by atoms with E-state index in [1.807, 2.05) is 30.3 Å². The van der Waals surface area contributed by atoms with E-state index in [1.54, 1.807) is 49.6 Å². The van der Waals surface area contributed by atoms with E-state index in [4.69, 9.17) is 10.5 Å². The summed E-state index contributed by atoms with van der Waals surface area (Å²) in [5, 5.41) is 3.24. The van der Waals surface area contributed by atoms with Crippen LogP contribution in [0.3, 0.4) is 0 Å². The molecule has 0 spiro atoms. The highest BCUT2D eigenvalue weighted by atomic mass is 35.5. The van der Waals surface area contributed by atoms with Crippen molar-refractivity contribution in [2.45, 2.75) is 18.9 Å². The number of amides is 1. The van der Waals surface area contributed by atoms with Gasteiger partial charge in [0, 0.05) is 68.5 Å². The van der Waals surface area contributed by atoms with Crippen molar-refractivity contribution in [3.05, 3.63) is 78.4 Å². The zero-order chi connectivity index (χ0) is 28.2. The minimum atomic E-state index is -0.474. The van der Waals surface area contributed by atoms with Crippen molar-refractivity contribution in [1.82, 2.24) is 19.9 Å². The monoisotopic (exact) mass is 577 g/mol. The normalized spacial score (nSPS) is 14.7. The van der Waals surface area contributed by atoms with Gasteiger partial charge in [-0.15, -0.1) is 12.4 Å². The van der Waals surface area contributed by atoms with Gasteiger partial charge in [-0.1, -0.05) is 18.2 Å². The van der Waals surface area contributed by atoms with Crippen LogP contribution in [-0.2, 0) is 0 Å². The van der Waals surface area contributed by atoms with Crippen LogP contribution in [0.1, 0.15) is 23.2 Å². The molecule has 0 unspecified atom stereocenters.